The van der Waals surface area contributed by atoms with Crippen LogP contribution in [-0.2, 0) is 38.0 Å². The van der Waals surface area contributed by atoms with Crippen molar-refractivity contribution in [3.63, 3.8) is 0 Å². The Hall–Kier alpha value is -1.29. The Morgan fingerprint density at radius 1 is 0.596 bits per heavy atom. The van der Waals surface area contributed by atoms with Crippen molar-refractivity contribution < 1.29 is 99.2 Å². The summed E-state index contributed by atoms with van der Waals surface area (Å²) in [5, 5.41) is 126. The molecule has 4 fully saturated rings. The number of amides is 1. The van der Waals surface area contributed by atoms with Crippen LogP contribution in [0.1, 0.15) is 13.8 Å². The maximum atomic E-state index is 12.1. The molecule has 0 aromatic rings. The van der Waals surface area contributed by atoms with E-state index in [-0.39, 0.29) is 0 Å². The van der Waals surface area contributed by atoms with Gasteiger partial charge in [0.15, 0.2) is 25.2 Å². The SMILES string of the molecule is CC(=O)N[C@H]1[C@H](OC[C@H]2OC(O)[C@H](O)[C@@H](O)[C@H]2O)O[C@H](CO)[C@@H](O[C@@H]2O[C@H](CO)[C@H](O)[C@H](O)[C@H]2O[C@@H]2O[C@@H](C)[C@@H](O)[C@@H](O)[C@@H]2O)[C@@H]1O. The van der Waals surface area contributed by atoms with Crippen LogP contribution >= 0.6 is 0 Å². The Morgan fingerprint density at radius 2 is 1.17 bits per heavy atom. The third kappa shape index (κ3) is 8.20. The van der Waals surface area contributed by atoms with Gasteiger partial charge in [-0.1, -0.05) is 0 Å². The number of hydrogen-bond acceptors (Lipinski definition) is 20. The molecule has 20 atom stereocenters. The lowest BCUT2D eigenvalue weighted by Crippen LogP contribution is -2.68. The van der Waals surface area contributed by atoms with Crippen LogP contribution in [0.15, 0.2) is 0 Å². The highest BCUT2D eigenvalue weighted by Crippen LogP contribution is 2.33. The van der Waals surface area contributed by atoms with Gasteiger partial charge < -0.3 is 99.8 Å². The van der Waals surface area contributed by atoms with Gasteiger partial charge in [0.25, 0.3) is 0 Å². The number of hydrogen-bond donors (Lipinski definition) is 13. The van der Waals surface area contributed by atoms with Crippen LogP contribution in [0.2, 0.25) is 0 Å². The molecule has 4 saturated heterocycles. The molecule has 0 aromatic carbocycles. The highest BCUT2D eigenvalue weighted by atomic mass is 16.8. The maximum absolute atomic E-state index is 12.1. The second-order valence-electron chi connectivity index (χ2n) is 11.9. The molecular weight excluding hydrogens is 646 g/mol. The predicted molar refractivity (Wildman–Crippen MR) is 144 cm³/mol. The molecule has 4 aliphatic heterocycles. The van der Waals surface area contributed by atoms with Crippen molar-refractivity contribution in [3.8, 4) is 0 Å². The quantitative estimate of drug-likeness (QED) is 0.101. The number of rotatable bonds is 10. The Morgan fingerprint density at radius 3 is 1.79 bits per heavy atom. The van der Waals surface area contributed by atoms with Gasteiger partial charge in [-0.2, -0.15) is 0 Å². The van der Waals surface area contributed by atoms with Gasteiger partial charge in [0.2, 0.25) is 5.91 Å². The van der Waals surface area contributed by atoms with Crippen LogP contribution in [-0.4, -0.2) is 210 Å². The lowest BCUT2D eigenvalue weighted by molar-refractivity contribution is -0.383. The third-order valence-electron chi connectivity index (χ3n) is 8.55. The maximum Gasteiger partial charge on any atom is 0.217 e. The summed E-state index contributed by atoms with van der Waals surface area (Å²) in [7, 11) is 0. The molecule has 0 bridgehead atoms. The van der Waals surface area contributed by atoms with Crippen LogP contribution in [0.4, 0.5) is 0 Å². The van der Waals surface area contributed by atoms with Gasteiger partial charge in [0, 0.05) is 6.92 Å². The van der Waals surface area contributed by atoms with Crippen molar-refractivity contribution in [2.75, 3.05) is 19.8 Å². The Labute approximate surface area is 267 Å². The van der Waals surface area contributed by atoms with Crippen molar-refractivity contribution in [1.29, 1.82) is 0 Å². The van der Waals surface area contributed by atoms with Gasteiger partial charge >= 0.3 is 0 Å². The third-order valence-corrected chi connectivity index (χ3v) is 8.55. The zero-order valence-electron chi connectivity index (χ0n) is 25.3. The first kappa shape index (κ1) is 38.5. The minimum absolute atomic E-state index is 0.619. The largest absolute Gasteiger partial charge is 0.394 e. The van der Waals surface area contributed by atoms with E-state index >= 15 is 0 Å². The molecule has 0 aliphatic carbocycles. The first-order valence-electron chi connectivity index (χ1n) is 14.9. The van der Waals surface area contributed by atoms with E-state index in [2.05, 4.69) is 5.32 Å². The van der Waals surface area contributed by atoms with E-state index in [1.807, 2.05) is 0 Å². The highest BCUT2D eigenvalue weighted by Gasteiger charge is 2.54. The van der Waals surface area contributed by atoms with E-state index in [1.54, 1.807) is 0 Å². The normalized spacial score (nSPS) is 51.0. The zero-order chi connectivity index (χ0) is 34.9. The van der Waals surface area contributed by atoms with Gasteiger partial charge in [-0.25, -0.2) is 0 Å². The average Bonchev–Trinajstić information content (AvgIpc) is 3.04. The number of nitrogens with one attached hydrogen (secondary N) is 1. The molecule has 0 spiro atoms. The van der Waals surface area contributed by atoms with Gasteiger partial charge in [0.1, 0.15) is 91.5 Å². The topological polar surface area (TPSA) is 336 Å². The summed E-state index contributed by atoms with van der Waals surface area (Å²) < 4.78 is 39.0. The molecule has 4 aliphatic rings. The van der Waals surface area contributed by atoms with E-state index in [9.17, 15) is 66.1 Å². The summed E-state index contributed by atoms with van der Waals surface area (Å²) in [6.07, 6.45) is -31.7. The fourth-order valence-corrected chi connectivity index (χ4v) is 5.77. The van der Waals surface area contributed by atoms with Gasteiger partial charge in [0.05, 0.1) is 25.9 Å². The van der Waals surface area contributed by atoms with Crippen LogP contribution in [0, 0.1) is 0 Å². The molecule has 0 saturated carbocycles. The standard InChI is InChI=1S/C26H45NO20/c1-6-12(31)16(35)20(39)25(42-6)47-22-18(37)13(32)8(3-28)44-26(22)46-21-9(4-29)45-24(11(15(21)34)27-7(2)30)41-5-10-14(33)17(36)19(38)23(40)43-10/h6,8-26,28-29,31-40H,3-5H2,1-2H3,(H,27,30)/t6-,8+,9+,10+,11+,12+,13-,14-,15+,16+,17-,18-,19+,20-,21+,22+,23?,24+,25-,26-/m0/s1. The highest BCUT2D eigenvalue weighted by molar-refractivity contribution is 5.73. The molecule has 21 nitrogen and oxygen atoms in total. The number of aliphatic hydroxyl groups is 12. The van der Waals surface area contributed by atoms with Gasteiger partial charge in [-0.05, 0) is 6.92 Å². The lowest BCUT2D eigenvalue weighted by atomic mass is 9.95. The van der Waals surface area contributed by atoms with Crippen LogP contribution in [0.3, 0.4) is 0 Å². The van der Waals surface area contributed by atoms with E-state index in [0.717, 1.165) is 6.92 Å². The summed E-state index contributed by atoms with van der Waals surface area (Å²) in [6.45, 7) is 0.151. The molecule has 1 amide bonds. The number of ether oxygens (including phenoxy) is 7. The van der Waals surface area contributed by atoms with E-state index < -0.39 is 148 Å². The monoisotopic (exact) mass is 691 g/mol. The van der Waals surface area contributed by atoms with E-state index in [4.69, 9.17) is 33.2 Å². The molecule has 4 rings (SSSR count). The van der Waals surface area contributed by atoms with Crippen LogP contribution in [0.5, 0.6) is 0 Å². The zero-order valence-corrected chi connectivity index (χ0v) is 25.3. The van der Waals surface area contributed by atoms with E-state index in [0.29, 0.717) is 0 Å². The molecule has 47 heavy (non-hydrogen) atoms. The fraction of sp³-hybridized carbons (Fsp3) is 0.962. The number of aliphatic hydroxyl groups excluding tert-OH is 12. The molecule has 0 radical (unpaired) electrons. The molecule has 1 unspecified atom stereocenters. The second kappa shape index (κ2) is 16.2. The summed E-state index contributed by atoms with van der Waals surface area (Å²) in [5.74, 6) is -0.692. The lowest BCUT2D eigenvalue weighted by Gasteiger charge is -2.49. The summed E-state index contributed by atoms with van der Waals surface area (Å²) in [5.41, 5.74) is 0. The summed E-state index contributed by atoms with van der Waals surface area (Å²) >= 11 is 0. The Balaban J connectivity index is 1.54. The molecule has 21 heteroatoms. The minimum Gasteiger partial charge on any atom is -0.394 e. The van der Waals surface area contributed by atoms with Crippen molar-refractivity contribution in [2.45, 2.75) is 137 Å². The van der Waals surface area contributed by atoms with Crippen molar-refractivity contribution in [3.05, 3.63) is 0 Å². The van der Waals surface area contributed by atoms with Gasteiger partial charge in [-0.15, -0.1) is 0 Å². The average molecular weight is 692 g/mol. The van der Waals surface area contributed by atoms with Crippen molar-refractivity contribution in [1.82, 2.24) is 5.32 Å². The molecule has 274 valence electrons. The smallest absolute Gasteiger partial charge is 0.217 e. The number of carbonyl (C=O) groups is 1. The predicted octanol–water partition coefficient (Wildman–Crippen LogP) is -8.58. The second-order valence-corrected chi connectivity index (χ2v) is 11.9. The fourth-order valence-electron chi connectivity index (χ4n) is 5.77. The van der Waals surface area contributed by atoms with Crippen LogP contribution < -0.4 is 5.32 Å². The molecule has 4 heterocycles. The summed E-state index contributed by atoms with van der Waals surface area (Å²) in [6, 6.07) is -1.48. The Kier molecular flexibility index (Phi) is 13.2. The minimum atomic E-state index is -1.90. The molecule has 0 aromatic heterocycles. The van der Waals surface area contributed by atoms with Crippen molar-refractivity contribution >= 4 is 5.91 Å². The van der Waals surface area contributed by atoms with Crippen LogP contribution in [0.25, 0.3) is 0 Å². The van der Waals surface area contributed by atoms with E-state index in [1.165, 1.54) is 6.92 Å². The molecular formula is C26H45NO20. The first-order chi connectivity index (χ1) is 22.1. The van der Waals surface area contributed by atoms with Crippen molar-refractivity contribution in [2.24, 2.45) is 0 Å². The first-order valence-corrected chi connectivity index (χ1v) is 14.9. The summed E-state index contributed by atoms with van der Waals surface area (Å²) in [4.78, 5) is 12.1. The van der Waals surface area contributed by atoms with Gasteiger partial charge in [-0.3, -0.25) is 4.79 Å². The molecule has 13 N–H and O–H groups in total. The number of carbonyl (C=O) groups excluding carboxylic acids is 1. The Bertz CT molecular complexity index is 1010.